The fourth-order valence-electron chi connectivity index (χ4n) is 2.65. The summed E-state index contributed by atoms with van der Waals surface area (Å²) in [6, 6.07) is 0. The second-order valence-electron chi connectivity index (χ2n) is 8.33. The summed E-state index contributed by atoms with van der Waals surface area (Å²) in [6.07, 6.45) is 8.27. The van der Waals surface area contributed by atoms with Gasteiger partial charge in [-0.05, 0) is 49.6 Å². The first-order valence-corrected chi connectivity index (χ1v) is 7.79. The molecule has 0 heterocycles. The van der Waals surface area contributed by atoms with Gasteiger partial charge in [-0.3, -0.25) is 0 Å². The van der Waals surface area contributed by atoms with Crippen LogP contribution in [0.4, 0.5) is 0 Å². The van der Waals surface area contributed by atoms with Gasteiger partial charge >= 0.3 is 0 Å². The molecule has 110 valence electrons. The van der Waals surface area contributed by atoms with Crippen molar-refractivity contribution < 1.29 is 0 Å². The Morgan fingerprint density at radius 1 is 0.833 bits per heavy atom. The zero-order chi connectivity index (χ0) is 14.2. The summed E-state index contributed by atoms with van der Waals surface area (Å²) in [4.78, 5) is 0. The lowest BCUT2D eigenvalue weighted by Gasteiger charge is -2.26. The minimum atomic E-state index is 0.475. The molecule has 18 heavy (non-hydrogen) atoms. The molecule has 1 unspecified atom stereocenters. The van der Waals surface area contributed by atoms with Gasteiger partial charge in [-0.2, -0.15) is 0 Å². The Kier molecular flexibility index (Phi) is 8.18. The molecule has 1 atom stereocenters. The average Bonchev–Trinajstić information content (AvgIpc) is 2.17. The van der Waals surface area contributed by atoms with Crippen molar-refractivity contribution in [1.29, 1.82) is 0 Å². The van der Waals surface area contributed by atoms with Gasteiger partial charge in [-0.25, -0.2) is 0 Å². The van der Waals surface area contributed by atoms with Crippen LogP contribution in [0.25, 0.3) is 0 Å². The smallest absolute Gasteiger partial charge is 0.00493 e. The lowest BCUT2D eigenvalue weighted by Crippen LogP contribution is -2.18. The van der Waals surface area contributed by atoms with Crippen LogP contribution in [0.3, 0.4) is 0 Å². The van der Waals surface area contributed by atoms with Gasteiger partial charge in [0.2, 0.25) is 0 Å². The first-order chi connectivity index (χ1) is 8.14. The molecule has 0 saturated carbocycles. The second-order valence-corrected chi connectivity index (χ2v) is 8.33. The summed E-state index contributed by atoms with van der Waals surface area (Å²) in [5, 5.41) is 3.30. The Hall–Kier alpha value is -0.0400. The maximum Gasteiger partial charge on any atom is -0.00493 e. The van der Waals surface area contributed by atoms with Crippen LogP contribution in [0.2, 0.25) is 0 Å². The van der Waals surface area contributed by atoms with Crippen LogP contribution in [-0.4, -0.2) is 13.6 Å². The average molecular weight is 255 g/mol. The van der Waals surface area contributed by atoms with E-state index in [4.69, 9.17) is 0 Å². The van der Waals surface area contributed by atoms with Crippen LogP contribution in [-0.2, 0) is 0 Å². The first kappa shape index (κ1) is 18.0. The molecule has 0 saturated heterocycles. The molecule has 0 fully saturated rings. The monoisotopic (exact) mass is 255 g/mol. The van der Waals surface area contributed by atoms with Gasteiger partial charge in [-0.1, -0.05) is 60.8 Å². The first-order valence-electron chi connectivity index (χ1n) is 7.79. The van der Waals surface area contributed by atoms with E-state index in [2.05, 4.69) is 53.9 Å². The molecule has 0 aromatic rings. The Bertz CT molecular complexity index is 195. The molecule has 0 aromatic heterocycles. The van der Waals surface area contributed by atoms with Gasteiger partial charge in [0.25, 0.3) is 0 Å². The van der Waals surface area contributed by atoms with Crippen LogP contribution in [0, 0.1) is 16.7 Å². The lowest BCUT2D eigenvalue weighted by molar-refractivity contribution is 0.259. The van der Waals surface area contributed by atoms with Crippen LogP contribution in [0.1, 0.15) is 80.1 Å². The van der Waals surface area contributed by atoms with E-state index in [9.17, 15) is 0 Å². The Balaban J connectivity index is 3.93. The number of unbranched alkanes of at least 4 members (excludes halogenated alkanes) is 1. The molecule has 0 aliphatic heterocycles. The molecule has 0 aliphatic rings. The van der Waals surface area contributed by atoms with E-state index in [-0.39, 0.29) is 0 Å². The standard InChI is InChI=1S/C17H37N/c1-16(2,3)12-9-8-10-15(11-13-18-7)14-17(4,5)6/h15,18H,8-14H2,1-7H3. The summed E-state index contributed by atoms with van der Waals surface area (Å²) >= 11 is 0. The molecular formula is C17H37N. The molecule has 0 spiro atoms. The van der Waals surface area contributed by atoms with Gasteiger partial charge in [0.05, 0.1) is 0 Å². The van der Waals surface area contributed by atoms with Gasteiger partial charge < -0.3 is 5.32 Å². The SMILES string of the molecule is CNCCC(CCCCC(C)(C)C)CC(C)(C)C. The third-order valence-electron chi connectivity index (χ3n) is 3.49. The number of rotatable bonds is 8. The second kappa shape index (κ2) is 8.19. The number of hydrogen-bond acceptors (Lipinski definition) is 1. The maximum absolute atomic E-state index is 3.30. The van der Waals surface area contributed by atoms with Gasteiger partial charge in [0.15, 0.2) is 0 Å². The molecule has 0 aromatic carbocycles. The van der Waals surface area contributed by atoms with E-state index in [1.54, 1.807) is 0 Å². The van der Waals surface area contributed by atoms with Crippen molar-refractivity contribution in [3.63, 3.8) is 0 Å². The van der Waals surface area contributed by atoms with Crippen LogP contribution in [0.15, 0.2) is 0 Å². The molecule has 0 bridgehead atoms. The van der Waals surface area contributed by atoms with E-state index < -0.39 is 0 Å². The van der Waals surface area contributed by atoms with Crippen molar-refractivity contribution in [2.75, 3.05) is 13.6 Å². The molecule has 1 nitrogen and oxygen atoms in total. The topological polar surface area (TPSA) is 12.0 Å². The molecule has 1 N–H and O–H groups in total. The highest BCUT2D eigenvalue weighted by Crippen LogP contribution is 2.30. The minimum Gasteiger partial charge on any atom is -0.320 e. The summed E-state index contributed by atoms with van der Waals surface area (Å²) in [6.45, 7) is 15.3. The van der Waals surface area contributed by atoms with Crippen molar-refractivity contribution >= 4 is 0 Å². The largest absolute Gasteiger partial charge is 0.320 e. The maximum atomic E-state index is 3.30. The zero-order valence-corrected chi connectivity index (χ0v) is 14.0. The van der Waals surface area contributed by atoms with Crippen LogP contribution in [0.5, 0.6) is 0 Å². The third-order valence-corrected chi connectivity index (χ3v) is 3.49. The van der Waals surface area contributed by atoms with Crippen LogP contribution >= 0.6 is 0 Å². The zero-order valence-electron chi connectivity index (χ0n) is 14.0. The van der Waals surface area contributed by atoms with E-state index in [1.807, 2.05) is 0 Å². The summed E-state index contributed by atoms with van der Waals surface area (Å²) in [5.74, 6) is 0.900. The quantitative estimate of drug-likeness (QED) is 0.584. The highest BCUT2D eigenvalue weighted by molar-refractivity contribution is 4.71. The molecular weight excluding hydrogens is 218 g/mol. The number of hydrogen-bond donors (Lipinski definition) is 1. The van der Waals surface area contributed by atoms with Gasteiger partial charge in [0, 0.05) is 0 Å². The van der Waals surface area contributed by atoms with E-state index in [0.717, 1.165) is 5.92 Å². The molecule has 1 heteroatoms. The summed E-state index contributed by atoms with van der Waals surface area (Å²) in [7, 11) is 2.06. The van der Waals surface area contributed by atoms with Crippen molar-refractivity contribution in [3.8, 4) is 0 Å². The lowest BCUT2D eigenvalue weighted by atomic mass is 9.80. The Labute approximate surface area is 116 Å². The third kappa shape index (κ3) is 12.4. The molecule has 0 rings (SSSR count). The summed E-state index contributed by atoms with van der Waals surface area (Å²) in [5.41, 5.74) is 0.979. The molecule has 0 aliphatic carbocycles. The predicted molar refractivity (Wildman–Crippen MR) is 84.0 cm³/mol. The van der Waals surface area contributed by atoms with E-state index in [1.165, 1.54) is 45.1 Å². The predicted octanol–water partition coefficient (Wildman–Crippen LogP) is 5.25. The van der Waals surface area contributed by atoms with E-state index in [0.29, 0.717) is 10.8 Å². The van der Waals surface area contributed by atoms with Gasteiger partial charge in [-0.15, -0.1) is 0 Å². The van der Waals surface area contributed by atoms with Crippen molar-refractivity contribution in [1.82, 2.24) is 5.32 Å². The minimum absolute atomic E-state index is 0.475. The van der Waals surface area contributed by atoms with Crippen molar-refractivity contribution in [3.05, 3.63) is 0 Å². The molecule has 0 amide bonds. The number of nitrogens with one attached hydrogen (secondary N) is 1. The van der Waals surface area contributed by atoms with Gasteiger partial charge in [0.1, 0.15) is 0 Å². The Morgan fingerprint density at radius 2 is 1.44 bits per heavy atom. The van der Waals surface area contributed by atoms with Crippen molar-refractivity contribution in [2.24, 2.45) is 16.7 Å². The van der Waals surface area contributed by atoms with Crippen molar-refractivity contribution in [2.45, 2.75) is 80.1 Å². The fourth-order valence-corrected chi connectivity index (χ4v) is 2.65. The molecule has 0 radical (unpaired) electrons. The highest BCUT2D eigenvalue weighted by atomic mass is 14.8. The Morgan fingerprint density at radius 3 is 1.89 bits per heavy atom. The van der Waals surface area contributed by atoms with E-state index >= 15 is 0 Å². The van der Waals surface area contributed by atoms with Crippen LogP contribution < -0.4 is 5.32 Å². The highest BCUT2D eigenvalue weighted by Gasteiger charge is 2.18. The normalized spacial score (nSPS) is 14.8. The summed E-state index contributed by atoms with van der Waals surface area (Å²) < 4.78 is 0. The fraction of sp³-hybridized carbons (Fsp3) is 1.00.